The summed E-state index contributed by atoms with van der Waals surface area (Å²) >= 11 is 1.68. The molecule has 0 aliphatic carbocycles. The minimum atomic E-state index is 0.283. The van der Waals surface area contributed by atoms with Crippen molar-refractivity contribution in [3.63, 3.8) is 0 Å². The molecule has 0 atom stereocenters. The molecule has 62 valence electrons. The Morgan fingerprint density at radius 2 is 2.33 bits per heavy atom. The Morgan fingerprint density at radius 1 is 1.50 bits per heavy atom. The molecule has 1 heterocycles. The maximum atomic E-state index is 11.3. The number of Topliss-reactive ketones (excluding diaryl/α,β-unsaturated/α-hetero) is 1. The number of carbonyl (C=O) groups is 1. The standard InChI is InChI=1S/C10H10OS/c1-2-7-4-3-5-8-9(11)6-12-10(7)8/h3-5H,2,6H2,1H3. The number of hydrogen-bond donors (Lipinski definition) is 0. The van der Waals surface area contributed by atoms with Crippen LogP contribution >= 0.6 is 11.8 Å². The molecular formula is C10H10OS. The smallest absolute Gasteiger partial charge is 0.174 e. The second kappa shape index (κ2) is 2.94. The predicted octanol–water partition coefficient (Wildman–Crippen LogP) is 2.54. The molecule has 2 rings (SSSR count). The summed E-state index contributed by atoms with van der Waals surface area (Å²) < 4.78 is 0. The van der Waals surface area contributed by atoms with Crippen LogP contribution in [0.4, 0.5) is 0 Å². The van der Waals surface area contributed by atoms with Crippen molar-refractivity contribution < 1.29 is 4.79 Å². The van der Waals surface area contributed by atoms with Crippen molar-refractivity contribution in [1.29, 1.82) is 0 Å². The van der Waals surface area contributed by atoms with Crippen molar-refractivity contribution in [3.05, 3.63) is 29.3 Å². The molecule has 0 aromatic heterocycles. The van der Waals surface area contributed by atoms with E-state index in [2.05, 4.69) is 13.0 Å². The molecule has 2 heteroatoms. The van der Waals surface area contributed by atoms with E-state index in [1.807, 2.05) is 12.1 Å². The van der Waals surface area contributed by atoms with Crippen molar-refractivity contribution in [2.24, 2.45) is 0 Å². The molecule has 1 nitrogen and oxygen atoms in total. The Balaban J connectivity index is 2.58. The van der Waals surface area contributed by atoms with Crippen LogP contribution in [0.1, 0.15) is 22.8 Å². The van der Waals surface area contributed by atoms with Gasteiger partial charge in [0.25, 0.3) is 0 Å². The highest BCUT2D eigenvalue weighted by Crippen LogP contribution is 2.34. The lowest BCUT2D eigenvalue weighted by molar-refractivity contribution is 0.102. The van der Waals surface area contributed by atoms with Crippen LogP contribution in [0.25, 0.3) is 0 Å². The summed E-state index contributed by atoms with van der Waals surface area (Å²) in [6.45, 7) is 2.12. The van der Waals surface area contributed by atoms with E-state index in [9.17, 15) is 4.79 Å². The predicted molar refractivity (Wildman–Crippen MR) is 50.9 cm³/mol. The minimum Gasteiger partial charge on any atom is -0.293 e. The summed E-state index contributed by atoms with van der Waals surface area (Å²) in [6.07, 6.45) is 1.02. The average molecular weight is 178 g/mol. The Morgan fingerprint density at radius 3 is 3.08 bits per heavy atom. The number of ketones is 1. The molecule has 0 amide bonds. The zero-order valence-corrected chi connectivity index (χ0v) is 7.78. The summed E-state index contributed by atoms with van der Waals surface area (Å²) in [6, 6.07) is 6.00. The van der Waals surface area contributed by atoms with Crippen molar-refractivity contribution in [2.75, 3.05) is 5.75 Å². The second-order valence-electron chi connectivity index (χ2n) is 2.86. The molecule has 0 radical (unpaired) electrons. The number of carbonyl (C=O) groups excluding carboxylic acids is 1. The quantitative estimate of drug-likeness (QED) is 0.657. The number of fused-ring (bicyclic) bond motifs is 1. The zero-order valence-electron chi connectivity index (χ0n) is 6.96. The van der Waals surface area contributed by atoms with Gasteiger partial charge in [0.15, 0.2) is 5.78 Å². The van der Waals surface area contributed by atoms with E-state index in [1.165, 1.54) is 10.5 Å². The first kappa shape index (κ1) is 7.87. The van der Waals surface area contributed by atoms with Crippen molar-refractivity contribution in [2.45, 2.75) is 18.2 Å². The van der Waals surface area contributed by atoms with Gasteiger partial charge in [0.2, 0.25) is 0 Å². The van der Waals surface area contributed by atoms with Crippen LogP contribution < -0.4 is 0 Å². The van der Waals surface area contributed by atoms with Gasteiger partial charge in [-0.05, 0) is 12.0 Å². The molecule has 1 aliphatic rings. The van der Waals surface area contributed by atoms with Crippen LogP contribution in [0.15, 0.2) is 23.1 Å². The summed E-state index contributed by atoms with van der Waals surface area (Å²) in [5.74, 6) is 0.914. The van der Waals surface area contributed by atoms with Crippen LogP contribution in [0.2, 0.25) is 0 Å². The average Bonchev–Trinajstić information content (AvgIpc) is 2.48. The molecule has 1 aromatic rings. The molecule has 1 aromatic carbocycles. The summed E-state index contributed by atoms with van der Waals surface area (Å²) in [4.78, 5) is 12.5. The van der Waals surface area contributed by atoms with Crippen LogP contribution in [0, 0.1) is 0 Å². The fourth-order valence-corrected chi connectivity index (χ4v) is 2.63. The molecule has 0 unspecified atom stereocenters. The van der Waals surface area contributed by atoms with E-state index in [0.29, 0.717) is 5.75 Å². The Labute approximate surface area is 76.2 Å². The monoisotopic (exact) mass is 178 g/mol. The van der Waals surface area contributed by atoms with Crippen molar-refractivity contribution >= 4 is 17.5 Å². The molecule has 0 N–H and O–H groups in total. The van der Waals surface area contributed by atoms with E-state index in [4.69, 9.17) is 0 Å². The van der Waals surface area contributed by atoms with Gasteiger partial charge < -0.3 is 0 Å². The lowest BCUT2D eigenvalue weighted by Crippen LogP contribution is -1.95. The number of aryl methyl sites for hydroxylation is 1. The molecule has 0 saturated heterocycles. The first-order chi connectivity index (χ1) is 5.83. The van der Waals surface area contributed by atoms with Crippen LogP contribution in [-0.4, -0.2) is 11.5 Å². The molecule has 1 aliphatic heterocycles. The van der Waals surface area contributed by atoms with Crippen molar-refractivity contribution in [1.82, 2.24) is 0 Å². The highest BCUT2D eigenvalue weighted by Gasteiger charge is 2.21. The molecule has 0 fully saturated rings. The van der Waals surface area contributed by atoms with E-state index < -0.39 is 0 Å². The molecule has 0 bridgehead atoms. The second-order valence-corrected chi connectivity index (χ2v) is 3.84. The SMILES string of the molecule is CCc1cccc2c1SCC2=O. The number of benzene rings is 1. The van der Waals surface area contributed by atoms with Gasteiger partial charge in [0.05, 0.1) is 5.75 Å². The Bertz CT molecular complexity index is 331. The highest BCUT2D eigenvalue weighted by molar-refractivity contribution is 8.00. The normalized spacial score (nSPS) is 14.9. The van der Waals surface area contributed by atoms with E-state index >= 15 is 0 Å². The lowest BCUT2D eigenvalue weighted by Gasteiger charge is -2.02. The fourth-order valence-electron chi connectivity index (χ4n) is 1.47. The van der Waals surface area contributed by atoms with Crippen LogP contribution in [0.3, 0.4) is 0 Å². The third kappa shape index (κ3) is 1.07. The molecule has 12 heavy (non-hydrogen) atoms. The third-order valence-corrected chi connectivity index (χ3v) is 3.30. The van der Waals surface area contributed by atoms with E-state index in [1.54, 1.807) is 11.8 Å². The van der Waals surface area contributed by atoms with Gasteiger partial charge in [0, 0.05) is 10.5 Å². The van der Waals surface area contributed by atoms with Gasteiger partial charge in [-0.1, -0.05) is 25.1 Å². The third-order valence-electron chi connectivity index (χ3n) is 2.13. The van der Waals surface area contributed by atoms with Crippen molar-refractivity contribution in [3.8, 4) is 0 Å². The number of thioether (sulfide) groups is 1. The topological polar surface area (TPSA) is 17.1 Å². The van der Waals surface area contributed by atoms with E-state index in [0.717, 1.165) is 12.0 Å². The molecule has 0 saturated carbocycles. The Hall–Kier alpha value is -0.760. The summed E-state index contributed by atoms with van der Waals surface area (Å²) in [5, 5.41) is 0. The Kier molecular flexibility index (Phi) is 1.93. The summed E-state index contributed by atoms with van der Waals surface area (Å²) in [7, 11) is 0. The van der Waals surface area contributed by atoms with Gasteiger partial charge in [-0.3, -0.25) is 4.79 Å². The van der Waals surface area contributed by atoms with Gasteiger partial charge in [-0.25, -0.2) is 0 Å². The minimum absolute atomic E-state index is 0.283. The highest BCUT2D eigenvalue weighted by atomic mass is 32.2. The summed E-state index contributed by atoms with van der Waals surface area (Å²) in [5.41, 5.74) is 2.24. The van der Waals surface area contributed by atoms with Gasteiger partial charge in [0.1, 0.15) is 0 Å². The van der Waals surface area contributed by atoms with Gasteiger partial charge in [-0.2, -0.15) is 0 Å². The first-order valence-corrected chi connectivity index (χ1v) is 5.09. The number of rotatable bonds is 1. The molecular weight excluding hydrogens is 168 g/mol. The zero-order chi connectivity index (χ0) is 8.55. The fraction of sp³-hybridized carbons (Fsp3) is 0.300. The van der Waals surface area contributed by atoms with Gasteiger partial charge in [-0.15, -0.1) is 11.8 Å². The van der Waals surface area contributed by atoms with Gasteiger partial charge >= 0.3 is 0 Å². The van der Waals surface area contributed by atoms with E-state index in [-0.39, 0.29) is 5.78 Å². The van der Waals surface area contributed by atoms with Crippen LogP contribution in [0.5, 0.6) is 0 Å². The first-order valence-electron chi connectivity index (χ1n) is 4.11. The lowest BCUT2D eigenvalue weighted by atomic mass is 10.1. The number of hydrogen-bond acceptors (Lipinski definition) is 2. The molecule has 0 spiro atoms. The maximum absolute atomic E-state index is 11.3. The van der Waals surface area contributed by atoms with Crippen LogP contribution in [-0.2, 0) is 6.42 Å². The maximum Gasteiger partial charge on any atom is 0.174 e. The largest absolute Gasteiger partial charge is 0.293 e.